The summed E-state index contributed by atoms with van der Waals surface area (Å²) < 4.78 is 34.3. The number of hydrogen-bond donors (Lipinski definition) is 0. The van der Waals surface area contributed by atoms with E-state index in [1.165, 1.54) is 10.5 Å². The van der Waals surface area contributed by atoms with Gasteiger partial charge in [-0.05, 0) is 81.5 Å². The van der Waals surface area contributed by atoms with E-state index in [4.69, 9.17) is 13.8 Å². The van der Waals surface area contributed by atoms with Crippen molar-refractivity contribution in [2.45, 2.75) is 26.2 Å². The Bertz CT molecular complexity index is 3030. The van der Waals surface area contributed by atoms with Gasteiger partial charge in [-0.25, -0.2) is 4.98 Å². The van der Waals surface area contributed by atoms with Crippen LogP contribution in [0.5, 0.6) is 11.5 Å². The topological polar surface area (TPSA) is 33.5 Å². The van der Waals surface area contributed by atoms with Crippen molar-refractivity contribution in [3.8, 4) is 50.7 Å². The summed E-state index contributed by atoms with van der Waals surface area (Å²) in [6.07, 6.45) is 1.87. The second kappa shape index (κ2) is 15.4. The Morgan fingerprint density at radius 3 is 2.02 bits per heavy atom. The summed E-state index contributed by atoms with van der Waals surface area (Å²) in [4.78, 5) is 8.07. The molecule has 10 rings (SSSR count). The van der Waals surface area contributed by atoms with Gasteiger partial charge < -0.3 is 19.1 Å². The first-order valence-electron chi connectivity index (χ1n) is 21.0. The van der Waals surface area contributed by atoms with Crippen LogP contribution >= 0.6 is 0 Å². The monoisotopic (exact) mass is 947 g/mol. The molecule has 3 heterocycles. The number of hydrogen-bond acceptors (Lipinski definition) is 4. The number of para-hydroxylation sites is 3. The van der Waals surface area contributed by atoms with Crippen molar-refractivity contribution in [2.24, 2.45) is 0 Å². The summed E-state index contributed by atoms with van der Waals surface area (Å²) in [7, 11) is 0. The predicted molar refractivity (Wildman–Crippen MR) is 239 cm³/mol. The summed E-state index contributed by atoms with van der Waals surface area (Å²) in [5, 5.41) is 2.12. The van der Waals surface area contributed by atoms with Gasteiger partial charge in [0.25, 0.3) is 0 Å². The number of ether oxygens (including phenoxy) is 1. The second-order valence-corrected chi connectivity index (χ2v) is 15.6. The molecule has 1 aliphatic rings. The van der Waals surface area contributed by atoms with E-state index in [1.807, 2.05) is 90.0 Å². The zero-order chi connectivity index (χ0) is 41.9. The smallest absolute Gasteiger partial charge is 0.135 e. The molecule has 0 radical (unpaired) electrons. The summed E-state index contributed by atoms with van der Waals surface area (Å²) in [5.41, 5.74) is 11.0. The predicted octanol–water partition coefficient (Wildman–Crippen LogP) is 13.6. The van der Waals surface area contributed by atoms with Crippen molar-refractivity contribution in [3.63, 3.8) is 0 Å². The van der Waals surface area contributed by atoms with Crippen LogP contribution in [0.2, 0.25) is 0 Å². The van der Waals surface area contributed by atoms with Gasteiger partial charge in [-0.2, -0.15) is 12.7 Å². The van der Waals surface area contributed by atoms with Crippen LogP contribution in [-0.2, 0) is 26.5 Å². The third kappa shape index (κ3) is 7.00. The number of pyridine rings is 1. The van der Waals surface area contributed by atoms with E-state index in [0.29, 0.717) is 22.9 Å². The maximum Gasteiger partial charge on any atom is 0.135 e. The molecule has 0 atom stereocenters. The standard InChI is InChI=1S/C53H41N4O.Pt/c1-53(2,3)39-28-29-54-51(32-39)57-47-23-12-11-20-45(47)46-27-26-41(34-50(46)57)58-42-31-38(30-40(33-42)56-35-55(4)48-24-13-14-25-49(48)56)52-43(36-16-7-5-8-17-36)21-15-22-44(52)37-18-9-6-10-19-37;/h5-32,35H,1-4H3;/q-3;/i4D3;. The molecule has 0 bridgehead atoms. The van der Waals surface area contributed by atoms with E-state index in [2.05, 4.69) is 122 Å². The van der Waals surface area contributed by atoms with Crippen molar-refractivity contribution in [1.82, 2.24) is 9.55 Å². The molecule has 7 aromatic carbocycles. The van der Waals surface area contributed by atoms with Gasteiger partial charge in [-0.15, -0.1) is 47.0 Å². The van der Waals surface area contributed by atoms with Crippen LogP contribution in [-0.4, -0.2) is 16.5 Å². The number of benzene rings is 7. The second-order valence-electron chi connectivity index (χ2n) is 15.6. The summed E-state index contributed by atoms with van der Waals surface area (Å²) in [5.74, 6) is 1.74. The Balaban J connectivity index is 0.00000490. The molecule has 1 aliphatic heterocycles. The molecular weight excluding hydrogens is 904 g/mol. The van der Waals surface area contributed by atoms with Gasteiger partial charge in [-0.1, -0.05) is 135 Å². The number of rotatable bonds is 7. The number of aromatic nitrogens is 2. The maximum absolute atomic E-state index is 8.41. The van der Waals surface area contributed by atoms with Crippen molar-refractivity contribution in [1.29, 1.82) is 0 Å². The Morgan fingerprint density at radius 2 is 1.31 bits per heavy atom. The van der Waals surface area contributed by atoms with E-state index in [9.17, 15) is 0 Å². The average Bonchev–Trinajstić information content (AvgIpc) is 3.83. The first-order valence-corrected chi connectivity index (χ1v) is 19.5. The Hall–Kier alpha value is -6.42. The minimum Gasteiger partial charge on any atom is -0.509 e. The molecule has 0 saturated carbocycles. The first-order chi connectivity index (χ1) is 29.5. The van der Waals surface area contributed by atoms with Gasteiger partial charge in [0.15, 0.2) is 0 Å². The molecule has 0 N–H and O–H groups in total. The van der Waals surface area contributed by atoms with Gasteiger partial charge in [0.05, 0.1) is 0 Å². The molecule has 5 nitrogen and oxygen atoms in total. The molecule has 59 heavy (non-hydrogen) atoms. The quantitative estimate of drug-likeness (QED) is 0.149. The Labute approximate surface area is 364 Å². The number of anilines is 3. The fourth-order valence-electron chi connectivity index (χ4n) is 8.04. The molecule has 0 unspecified atom stereocenters. The van der Waals surface area contributed by atoms with Gasteiger partial charge in [0.2, 0.25) is 0 Å². The minimum atomic E-state index is -2.41. The van der Waals surface area contributed by atoms with Crippen LogP contribution in [0.1, 0.15) is 30.4 Å². The largest absolute Gasteiger partial charge is 0.509 e. The van der Waals surface area contributed by atoms with Gasteiger partial charge in [0, 0.05) is 59.8 Å². The molecular formula is C53H41N4OPt-3. The van der Waals surface area contributed by atoms with Crippen molar-refractivity contribution in [3.05, 3.63) is 194 Å². The molecule has 0 aliphatic carbocycles. The van der Waals surface area contributed by atoms with Crippen molar-refractivity contribution >= 4 is 38.9 Å². The molecule has 0 spiro atoms. The maximum atomic E-state index is 8.41. The fourth-order valence-corrected chi connectivity index (χ4v) is 8.04. The van der Waals surface area contributed by atoms with E-state index < -0.39 is 6.98 Å². The van der Waals surface area contributed by atoms with Crippen LogP contribution in [0.4, 0.5) is 17.1 Å². The molecule has 0 fully saturated rings. The van der Waals surface area contributed by atoms with Crippen LogP contribution in [0.15, 0.2) is 170 Å². The van der Waals surface area contributed by atoms with Gasteiger partial charge in [-0.3, -0.25) is 0 Å². The van der Waals surface area contributed by atoms with Gasteiger partial charge in [0.1, 0.15) is 5.82 Å². The molecule has 292 valence electrons. The van der Waals surface area contributed by atoms with Crippen LogP contribution in [0.3, 0.4) is 0 Å². The van der Waals surface area contributed by atoms with Crippen LogP contribution in [0, 0.1) is 18.8 Å². The Kier molecular flexibility index (Phi) is 9.03. The van der Waals surface area contributed by atoms with Gasteiger partial charge >= 0.3 is 0 Å². The van der Waals surface area contributed by atoms with Crippen LogP contribution in [0.25, 0.3) is 61.0 Å². The van der Waals surface area contributed by atoms with Crippen molar-refractivity contribution in [2.75, 3.05) is 16.8 Å². The van der Waals surface area contributed by atoms with Crippen LogP contribution < -0.4 is 14.5 Å². The van der Waals surface area contributed by atoms with E-state index in [-0.39, 0.29) is 26.5 Å². The van der Waals surface area contributed by atoms with E-state index >= 15 is 0 Å². The SMILES string of the molecule is [2H]C([2H])([2H])N1[CH-]N(c2[c-]c(Oc3[c-]c4c(cc3)c3ccccc3n4-c3cc(C(C)(C)C)ccn3)cc(-c3c(-c4ccccc4)cccc3-c3ccccc3)c2)c2ccccc21.[Pt]. The summed E-state index contributed by atoms with van der Waals surface area (Å²) >= 11 is 0. The normalized spacial score (nSPS) is 13.4. The zero-order valence-electron chi connectivity index (χ0n) is 35.8. The molecule has 2 aromatic heterocycles. The molecule has 0 amide bonds. The molecule has 6 heteroatoms. The summed E-state index contributed by atoms with van der Waals surface area (Å²) in [6.45, 7) is 5.83. The zero-order valence-corrected chi connectivity index (χ0v) is 35.0. The third-order valence-electron chi connectivity index (χ3n) is 10.9. The van der Waals surface area contributed by atoms with Crippen molar-refractivity contribution < 1.29 is 29.9 Å². The first kappa shape index (κ1) is 34.6. The summed E-state index contributed by atoms with van der Waals surface area (Å²) in [6, 6.07) is 62.5. The molecule has 9 aromatic rings. The number of fused-ring (bicyclic) bond motifs is 4. The average molecular weight is 948 g/mol. The number of nitrogens with zero attached hydrogens (tertiary/aromatic N) is 4. The minimum absolute atomic E-state index is 0. The fraction of sp³-hybridized carbons (Fsp3) is 0.0943. The third-order valence-corrected chi connectivity index (χ3v) is 10.9. The van der Waals surface area contributed by atoms with E-state index in [0.717, 1.165) is 66.7 Å². The Morgan fingerprint density at radius 1 is 0.627 bits per heavy atom. The molecule has 0 saturated heterocycles. The van der Waals surface area contributed by atoms with E-state index in [1.54, 1.807) is 6.67 Å².